The van der Waals surface area contributed by atoms with Gasteiger partial charge in [0.25, 0.3) is 0 Å². The van der Waals surface area contributed by atoms with E-state index in [4.69, 9.17) is 16.3 Å². The highest BCUT2D eigenvalue weighted by Gasteiger charge is 2.13. The van der Waals surface area contributed by atoms with Gasteiger partial charge in [0.15, 0.2) is 0 Å². The molecule has 0 spiro atoms. The summed E-state index contributed by atoms with van der Waals surface area (Å²) >= 11 is 7.75. The first kappa shape index (κ1) is 15.7. The molecule has 5 heteroatoms. The first-order valence-electron chi connectivity index (χ1n) is 6.94. The van der Waals surface area contributed by atoms with Crippen molar-refractivity contribution >= 4 is 29.3 Å². The molecule has 0 atom stereocenters. The largest absolute Gasteiger partial charge is 0.381 e. The molecule has 2 rings (SSSR count). The second-order valence-corrected chi connectivity index (χ2v) is 6.68. The molecule has 110 valence electrons. The highest BCUT2D eigenvalue weighted by Crippen LogP contribution is 2.21. The number of thioether (sulfide) groups is 1. The highest BCUT2D eigenvalue weighted by molar-refractivity contribution is 7.99. The quantitative estimate of drug-likeness (QED) is 0.821. The summed E-state index contributed by atoms with van der Waals surface area (Å²) in [5.74, 6) is 1.04. The van der Waals surface area contributed by atoms with Crippen molar-refractivity contribution in [3.63, 3.8) is 0 Å². The topological polar surface area (TPSA) is 38.3 Å². The number of ether oxygens (including phenoxy) is 1. The second-order valence-electron chi connectivity index (χ2n) is 4.84. The van der Waals surface area contributed by atoms with Crippen LogP contribution < -0.4 is 5.32 Å². The lowest BCUT2D eigenvalue weighted by molar-refractivity contribution is -0.120. The van der Waals surface area contributed by atoms with E-state index in [-0.39, 0.29) is 5.91 Å². The molecule has 1 aliphatic rings. The van der Waals surface area contributed by atoms with E-state index in [0.29, 0.717) is 16.7 Å². The minimum Gasteiger partial charge on any atom is -0.381 e. The maximum Gasteiger partial charge on any atom is 0.224 e. The molecule has 0 radical (unpaired) electrons. The number of amides is 1. The van der Waals surface area contributed by atoms with Crippen LogP contribution in [0.25, 0.3) is 0 Å². The summed E-state index contributed by atoms with van der Waals surface area (Å²) in [6, 6.07) is 7.40. The number of hydrogen-bond acceptors (Lipinski definition) is 3. The van der Waals surface area contributed by atoms with Gasteiger partial charge in [0.1, 0.15) is 0 Å². The van der Waals surface area contributed by atoms with Crippen molar-refractivity contribution < 1.29 is 9.53 Å². The Balaban J connectivity index is 1.59. The van der Waals surface area contributed by atoms with Crippen molar-refractivity contribution in [2.45, 2.75) is 24.5 Å². The predicted molar refractivity (Wildman–Crippen MR) is 84.5 cm³/mol. The second kappa shape index (κ2) is 8.55. The molecule has 1 aromatic carbocycles. The lowest BCUT2D eigenvalue weighted by atomic mass is 10.1. The van der Waals surface area contributed by atoms with Gasteiger partial charge in [-0.15, -0.1) is 0 Å². The van der Waals surface area contributed by atoms with Crippen molar-refractivity contribution in [3.05, 3.63) is 34.9 Å². The van der Waals surface area contributed by atoms with Gasteiger partial charge in [0.05, 0.1) is 6.42 Å². The molecule has 1 aliphatic heterocycles. The molecule has 0 unspecified atom stereocenters. The minimum absolute atomic E-state index is 0.0694. The van der Waals surface area contributed by atoms with Crippen LogP contribution in [-0.4, -0.2) is 36.7 Å². The Hall–Kier alpha value is -0.710. The van der Waals surface area contributed by atoms with Crippen molar-refractivity contribution in [2.24, 2.45) is 0 Å². The van der Waals surface area contributed by atoms with E-state index in [1.807, 2.05) is 36.0 Å². The SMILES string of the molecule is O=C(Cc1ccc(Cl)cc1)NCCSC1CCOCC1. The average Bonchev–Trinajstić information content (AvgIpc) is 2.47. The number of rotatable bonds is 6. The average molecular weight is 314 g/mol. The normalized spacial score (nSPS) is 16.1. The zero-order chi connectivity index (χ0) is 14.2. The smallest absolute Gasteiger partial charge is 0.224 e. The van der Waals surface area contributed by atoms with Crippen molar-refractivity contribution in [2.75, 3.05) is 25.5 Å². The molecule has 3 nitrogen and oxygen atoms in total. The van der Waals surface area contributed by atoms with Crippen molar-refractivity contribution in [3.8, 4) is 0 Å². The fraction of sp³-hybridized carbons (Fsp3) is 0.533. The summed E-state index contributed by atoms with van der Waals surface area (Å²) in [6.45, 7) is 2.48. The molecule has 0 aliphatic carbocycles. The number of carbonyl (C=O) groups excluding carboxylic acids is 1. The molecule has 1 saturated heterocycles. The van der Waals surface area contributed by atoms with Gasteiger partial charge < -0.3 is 10.1 Å². The van der Waals surface area contributed by atoms with Crippen LogP contribution in [0.2, 0.25) is 5.02 Å². The van der Waals surface area contributed by atoms with Crippen LogP contribution in [0.1, 0.15) is 18.4 Å². The molecule has 1 amide bonds. The summed E-state index contributed by atoms with van der Waals surface area (Å²) in [4.78, 5) is 11.8. The fourth-order valence-corrected chi connectivity index (χ4v) is 3.31. The van der Waals surface area contributed by atoms with E-state index in [1.165, 1.54) is 0 Å². The lowest BCUT2D eigenvalue weighted by Gasteiger charge is -2.21. The third-order valence-corrected chi connectivity index (χ3v) is 4.86. The van der Waals surface area contributed by atoms with E-state index in [1.54, 1.807) is 0 Å². The third-order valence-electron chi connectivity index (χ3n) is 3.22. The van der Waals surface area contributed by atoms with Gasteiger partial charge in [-0.05, 0) is 30.5 Å². The van der Waals surface area contributed by atoms with Crippen molar-refractivity contribution in [1.29, 1.82) is 0 Å². The monoisotopic (exact) mass is 313 g/mol. The van der Waals surface area contributed by atoms with Crippen LogP contribution in [0.3, 0.4) is 0 Å². The van der Waals surface area contributed by atoms with E-state index in [9.17, 15) is 4.79 Å². The highest BCUT2D eigenvalue weighted by atomic mass is 35.5. The summed E-state index contributed by atoms with van der Waals surface area (Å²) < 4.78 is 5.33. The maximum atomic E-state index is 11.8. The number of carbonyl (C=O) groups is 1. The Bertz CT molecular complexity index is 418. The minimum atomic E-state index is 0.0694. The molecule has 0 aromatic heterocycles. The molecule has 0 bridgehead atoms. The molecule has 20 heavy (non-hydrogen) atoms. The first-order chi connectivity index (χ1) is 9.74. The van der Waals surface area contributed by atoms with Crippen LogP contribution in [0, 0.1) is 0 Å². The molecule has 1 N–H and O–H groups in total. The lowest BCUT2D eigenvalue weighted by Crippen LogP contribution is -2.28. The first-order valence-corrected chi connectivity index (χ1v) is 8.37. The standard InChI is InChI=1S/C15H20ClNO2S/c16-13-3-1-12(2-4-13)11-15(18)17-7-10-20-14-5-8-19-9-6-14/h1-4,14H,5-11H2,(H,17,18). The zero-order valence-corrected chi connectivity index (χ0v) is 13.0. The zero-order valence-electron chi connectivity index (χ0n) is 11.4. The summed E-state index contributed by atoms with van der Waals surface area (Å²) in [7, 11) is 0. The van der Waals surface area contributed by atoms with Gasteiger partial charge in [-0.3, -0.25) is 4.79 Å². The Morgan fingerprint density at radius 3 is 2.70 bits per heavy atom. The van der Waals surface area contributed by atoms with E-state index < -0.39 is 0 Å². The van der Waals surface area contributed by atoms with E-state index >= 15 is 0 Å². The maximum absolute atomic E-state index is 11.8. The Labute approximate surface area is 129 Å². The van der Waals surface area contributed by atoms with Crippen LogP contribution in [0.4, 0.5) is 0 Å². The molecule has 1 fully saturated rings. The summed E-state index contributed by atoms with van der Waals surface area (Å²) in [5, 5.41) is 4.35. The Morgan fingerprint density at radius 2 is 2.00 bits per heavy atom. The number of hydrogen-bond donors (Lipinski definition) is 1. The van der Waals surface area contributed by atoms with Crippen LogP contribution in [0.15, 0.2) is 24.3 Å². The van der Waals surface area contributed by atoms with Gasteiger partial charge in [0, 0.05) is 35.8 Å². The molecule has 1 aromatic rings. The van der Waals surface area contributed by atoms with E-state index in [2.05, 4.69) is 5.32 Å². The number of halogens is 1. The van der Waals surface area contributed by atoms with Crippen LogP contribution in [-0.2, 0) is 16.0 Å². The van der Waals surface area contributed by atoms with Gasteiger partial charge in [-0.2, -0.15) is 11.8 Å². The van der Waals surface area contributed by atoms with Crippen molar-refractivity contribution in [1.82, 2.24) is 5.32 Å². The molecular formula is C15H20ClNO2S. The number of benzene rings is 1. The Kier molecular flexibility index (Phi) is 6.70. The van der Waals surface area contributed by atoms with Gasteiger partial charge in [-0.1, -0.05) is 23.7 Å². The molecule has 1 heterocycles. The molecule has 0 saturated carbocycles. The van der Waals surface area contributed by atoms with Gasteiger partial charge >= 0.3 is 0 Å². The third kappa shape index (κ3) is 5.73. The summed E-state index contributed by atoms with van der Waals surface area (Å²) in [6.07, 6.45) is 2.67. The number of nitrogens with one attached hydrogen (secondary N) is 1. The van der Waals surface area contributed by atoms with Crippen LogP contribution in [0.5, 0.6) is 0 Å². The summed E-state index contributed by atoms with van der Waals surface area (Å²) in [5.41, 5.74) is 0.990. The van der Waals surface area contributed by atoms with E-state index in [0.717, 1.165) is 43.9 Å². The van der Waals surface area contributed by atoms with Gasteiger partial charge in [-0.25, -0.2) is 0 Å². The predicted octanol–water partition coefficient (Wildman–Crippen LogP) is 2.91. The Morgan fingerprint density at radius 1 is 1.30 bits per heavy atom. The van der Waals surface area contributed by atoms with Crippen LogP contribution >= 0.6 is 23.4 Å². The van der Waals surface area contributed by atoms with Gasteiger partial charge in [0.2, 0.25) is 5.91 Å². The molecular weight excluding hydrogens is 294 g/mol. The fourth-order valence-electron chi connectivity index (χ4n) is 2.11.